The fourth-order valence-electron chi connectivity index (χ4n) is 3.50. The number of sulfonamides is 3. The fraction of sp³-hybridized carbons (Fsp3) is 0.286. The minimum atomic E-state index is -5.10. The molecule has 3 heterocycles. The zero-order valence-corrected chi connectivity index (χ0v) is 28.7. The summed E-state index contributed by atoms with van der Waals surface area (Å²) in [4.78, 5) is 8.66. The largest absolute Gasteiger partial charge is 0.864 e. The topological polar surface area (TPSA) is 206 Å². The van der Waals surface area contributed by atoms with E-state index in [4.69, 9.17) is 0 Å². The lowest BCUT2D eigenvalue weighted by Crippen LogP contribution is -2.39. The molecule has 0 unspecified atom stereocenters. The van der Waals surface area contributed by atoms with Crippen molar-refractivity contribution in [2.24, 2.45) is 0 Å². The van der Waals surface area contributed by atoms with E-state index in [0.717, 1.165) is 0 Å². The van der Waals surface area contributed by atoms with Gasteiger partial charge in [-0.1, -0.05) is 27.0 Å². The molecule has 0 N–H and O–H groups in total. The van der Waals surface area contributed by atoms with Gasteiger partial charge in [0.2, 0.25) is 35.1 Å². The van der Waals surface area contributed by atoms with Crippen molar-refractivity contribution in [1.82, 2.24) is 15.0 Å². The molecule has 0 atom stereocenters. The van der Waals surface area contributed by atoms with E-state index in [1.54, 1.807) is 0 Å². The summed E-state index contributed by atoms with van der Waals surface area (Å²) in [6.07, 6.45) is 0.458. The number of aromatic nitrogens is 3. The highest BCUT2D eigenvalue weighted by atomic mass is 32.2. The zero-order chi connectivity index (χ0) is 39.8. The number of pyridine rings is 3. The van der Waals surface area contributed by atoms with Crippen LogP contribution < -0.4 is 41.8 Å². The molecule has 3 aromatic rings. The lowest BCUT2D eigenvalue weighted by molar-refractivity contribution is 0.258. The van der Waals surface area contributed by atoms with Gasteiger partial charge in [-0.05, 0) is 0 Å². The smallest absolute Gasteiger partial charge is 0.483 e. The number of rotatable bonds is 15. The van der Waals surface area contributed by atoms with Gasteiger partial charge < -0.3 is 28.2 Å². The number of ether oxygens (including phenoxy) is 3. The molecule has 0 bridgehead atoms. The van der Waals surface area contributed by atoms with Crippen molar-refractivity contribution in [2.45, 2.75) is 0 Å². The lowest BCUT2D eigenvalue weighted by atomic mass is 10.2. The van der Waals surface area contributed by atoms with Gasteiger partial charge in [-0.25, -0.2) is 38.4 Å². The van der Waals surface area contributed by atoms with Crippen molar-refractivity contribution in [3.8, 4) is 34.9 Å². The van der Waals surface area contributed by atoms with Gasteiger partial charge in [0.1, 0.15) is 0 Å². The molecule has 18 nitrogen and oxygen atoms in total. The second-order valence-electron chi connectivity index (χ2n) is 9.29. The molecule has 0 amide bonds. The van der Waals surface area contributed by atoms with Crippen LogP contribution in [0.25, 0.3) is 0 Å². The Bertz CT molecular complexity index is 1980. The van der Waals surface area contributed by atoms with Crippen LogP contribution in [0.15, 0.2) is 0 Å². The van der Waals surface area contributed by atoms with Crippen LogP contribution in [0.3, 0.4) is 0 Å². The second-order valence-corrected chi connectivity index (χ2v) is 14.6. The van der Waals surface area contributed by atoms with Crippen molar-refractivity contribution in [3.63, 3.8) is 0 Å². The molecule has 0 aliphatic rings. The summed E-state index contributed by atoms with van der Waals surface area (Å²) in [5, 5.41) is 0. The van der Waals surface area contributed by atoms with Gasteiger partial charge in [0.25, 0.3) is 47.9 Å². The molecule has 0 aliphatic carbocycles. The van der Waals surface area contributed by atoms with Crippen molar-refractivity contribution >= 4 is 54.5 Å². The Morgan fingerprint density at radius 1 is 0.481 bits per heavy atom. The van der Waals surface area contributed by atoms with Crippen LogP contribution in [0.4, 0.5) is 56.8 Å². The van der Waals surface area contributed by atoms with E-state index >= 15 is 26.3 Å². The fourth-order valence-corrected chi connectivity index (χ4v) is 4.97. The maximum atomic E-state index is 15.6. The normalized spacial score (nSPS) is 11.8. The van der Waals surface area contributed by atoms with Crippen LogP contribution in [0.1, 0.15) is 0 Å². The molecular formula is C21H18BF9N6O12S3. The molecule has 0 radical (unpaired) electrons. The molecule has 52 heavy (non-hydrogen) atoms. The maximum Gasteiger partial charge on any atom is 0.864 e. The summed E-state index contributed by atoms with van der Waals surface area (Å²) >= 11 is 0. The lowest BCUT2D eigenvalue weighted by Gasteiger charge is -2.22. The van der Waals surface area contributed by atoms with E-state index in [0.29, 0.717) is 21.3 Å². The van der Waals surface area contributed by atoms with E-state index in [1.165, 1.54) is 0 Å². The highest BCUT2D eigenvalue weighted by Crippen LogP contribution is 2.42. The summed E-state index contributed by atoms with van der Waals surface area (Å²) in [7, 11) is -17.0. The number of methoxy groups -OCH3 is 3. The van der Waals surface area contributed by atoms with Gasteiger partial charge in [0.15, 0.2) is 34.3 Å². The summed E-state index contributed by atoms with van der Waals surface area (Å²) in [6.45, 7) is 0. The van der Waals surface area contributed by atoms with E-state index in [9.17, 15) is 38.7 Å². The molecule has 3 rings (SSSR count). The summed E-state index contributed by atoms with van der Waals surface area (Å²) in [5.41, 5.74) is -5.67. The molecular weight excluding hydrogens is 806 g/mol. The third-order valence-corrected chi connectivity index (χ3v) is 7.91. The molecule has 0 saturated carbocycles. The summed E-state index contributed by atoms with van der Waals surface area (Å²) in [6, 6.07) is 0. The van der Waals surface area contributed by atoms with Gasteiger partial charge in [-0.3, -0.25) is 0 Å². The van der Waals surface area contributed by atoms with Crippen molar-refractivity contribution in [1.29, 1.82) is 0 Å². The first kappa shape index (κ1) is 41.4. The molecule has 0 fully saturated rings. The quantitative estimate of drug-likeness (QED) is 0.0933. The minimum Gasteiger partial charge on any atom is -0.483 e. The van der Waals surface area contributed by atoms with Crippen LogP contribution in [-0.4, -0.2) is 87.6 Å². The Kier molecular flexibility index (Phi) is 11.8. The Labute approximate surface area is 286 Å². The molecule has 3 aromatic heterocycles. The van der Waals surface area contributed by atoms with E-state index in [2.05, 4.69) is 43.1 Å². The Morgan fingerprint density at radius 3 is 0.865 bits per heavy atom. The second kappa shape index (κ2) is 14.9. The average molecular weight is 824 g/mol. The molecule has 0 spiro atoms. The number of nitrogens with zero attached hydrogens (tertiary/aromatic N) is 6. The van der Waals surface area contributed by atoms with Gasteiger partial charge in [0.05, 0.1) is 40.1 Å². The Morgan fingerprint density at radius 2 is 0.692 bits per heavy atom. The summed E-state index contributed by atoms with van der Waals surface area (Å²) < 4.78 is 230. The molecule has 0 saturated heterocycles. The predicted molar refractivity (Wildman–Crippen MR) is 155 cm³/mol. The van der Waals surface area contributed by atoms with Crippen LogP contribution in [-0.2, 0) is 30.1 Å². The highest BCUT2D eigenvalue weighted by Gasteiger charge is 2.43. The van der Waals surface area contributed by atoms with Crippen molar-refractivity contribution in [2.75, 3.05) is 53.7 Å². The van der Waals surface area contributed by atoms with Gasteiger partial charge in [0, 0.05) is 0 Å². The SMILES string of the molecule is COc1nc(F)c(OB(Oc2c(F)nc(OC)c(N(F)S(C)(=O)=O)c2F)Oc2c(F)nc(OC)c(N(F)S(C)(=O)=O)c2F)c(F)c1N(F)S(C)(=O)=O. The molecule has 0 aromatic carbocycles. The van der Waals surface area contributed by atoms with Crippen LogP contribution in [0, 0.1) is 35.3 Å². The van der Waals surface area contributed by atoms with E-state index in [-0.39, 0.29) is 18.8 Å². The molecule has 288 valence electrons. The van der Waals surface area contributed by atoms with Crippen LogP contribution >= 0.6 is 0 Å². The first-order valence-electron chi connectivity index (χ1n) is 12.6. The Balaban J connectivity index is 2.40. The standard InChI is InChI=1S/C21H18BF9N6O12S3/c1-44-19-10(35(29)50(4,38)39)7(23)13(16(26)32-19)47-22(48-14-8(24)11(36(30)51(5,40)41)20(45-2)33-17(14)27)49-15-9(25)12(37(31)52(6,42)43)21(46-3)34-18(15)28/h1-6H3. The van der Waals surface area contributed by atoms with Crippen LogP contribution in [0.2, 0.25) is 0 Å². The minimum absolute atomic E-state index is 0.153. The third kappa shape index (κ3) is 8.19. The van der Waals surface area contributed by atoms with Crippen LogP contribution in [0.5, 0.6) is 34.9 Å². The predicted octanol–water partition coefficient (Wildman–Crippen LogP) is 2.21. The molecule has 0 aliphatic heterocycles. The number of anilines is 3. The van der Waals surface area contributed by atoms with Gasteiger partial charge in [-0.15, -0.1) is 0 Å². The van der Waals surface area contributed by atoms with Crippen molar-refractivity contribution < 1.29 is 93.2 Å². The number of hydrogen-bond acceptors (Lipinski definition) is 15. The number of halogens is 9. The number of hydrogen-bond donors (Lipinski definition) is 0. The zero-order valence-electron chi connectivity index (χ0n) is 26.3. The van der Waals surface area contributed by atoms with Crippen molar-refractivity contribution in [3.05, 3.63) is 35.3 Å². The van der Waals surface area contributed by atoms with E-state index < -0.39 is 138 Å². The van der Waals surface area contributed by atoms with Gasteiger partial charge in [-0.2, -0.15) is 28.1 Å². The average Bonchev–Trinajstić information content (AvgIpc) is 3.03. The maximum absolute atomic E-state index is 15.6. The van der Waals surface area contributed by atoms with E-state index in [1.807, 2.05) is 0 Å². The summed E-state index contributed by atoms with van der Waals surface area (Å²) in [5.74, 6) is -25.0. The monoisotopic (exact) mass is 824 g/mol. The first-order chi connectivity index (χ1) is 23.8. The third-order valence-electron chi connectivity index (χ3n) is 5.61. The first-order valence-corrected chi connectivity index (χ1v) is 18.1. The highest BCUT2D eigenvalue weighted by molar-refractivity contribution is 7.92. The Hall–Kier alpha value is -5.07. The molecule has 31 heteroatoms. The van der Waals surface area contributed by atoms with Gasteiger partial charge >= 0.3 is 7.32 Å².